The number of primary amides is 1. The Balaban J connectivity index is 2.41. The van der Waals surface area contributed by atoms with Crippen molar-refractivity contribution in [3.05, 3.63) is 35.9 Å². The topological polar surface area (TPSA) is 401 Å². The maximum Gasteiger partial charge on any atom is 0.329 e. The first-order chi connectivity index (χ1) is 40.1. The highest BCUT2D eigenvalue weighted by Crippen LogP contribution is 2.20. The lowest BCUT2D eigenvalue weighted by molar-refractivity contribution is -0.157. The molecule has 2 rings (SSSR count). The molecule has 17 atom stereocenters. The standard InChI is InChI=1S/C59H97N11O15/c1-14-30(6)44(67-52(77)39(61-13)27-37-22-20-19-21-23-37)55(80)63-40(28-71)53(78)62-38(24-25-43(60)74)51(76)66-47(33(9)17-4)57(82)68-45(31(7)15-2)56(81)64-41(29-72)54(79)70-49-36(12)85-59(84)48(34(10)18-5)69-58(83)46(32(8)16-3)65-50(75)35(11)26-42(49)73/h19-23,30-36,38-41,44-49,61,71-72H,14-18,24-29H2,1-13H3,(H2,60,74)(H,62,78)(H,63,80)(H,64,81)(H,65,75)(H,66,76)(H,67,77)(H,68,82)(H,69,83)(H,70,79)/t30-,31-,32?,33+,34-,35+,36-,38+,39+,40-,41-,44-,45-,46-,47+,48-,49+/m0/s1. The van der Waals surface area contributed by atoms with Crippen LogP contribution in [0, 0.1) is 35.5 Å². The molecule has 0 aliphatic carbocycles. The van der Waals surface area contributed by atoms with Gasteiger partial charge in [0.2, 0.25) is 59.1 Å². The zero-order valence-corrected chi connectivity index (χ0v) is 51.8. The molecule has 26 heteroatoms. The molecule has 0 aromatic heterocycles. The Labute approximate surface area is 499 Å². The zero-order chi connectivity index (χ0) is 64.4. The van der Waals surface area contributed by atoms with Crippen molar-refractivity contribution in [2.45, 2.75) is 207 Å². The van der Waals surface area contributed by atoms with Crippen molar-refractivity contribution in [2.75, 3.05) is 20.3 Å². The first-order valence-corrected chi connectivity index (χ1v) is 29.8. The number of hydrogen-bond acceptors (Lipinski definition) is 16. The summed E-state index contributed by atoms with van der Waals surface area (Å²) in [6.07, 6.45) is -0.530. The van der Waals surface area contributed by atoms with Crippen molar-refractivity contribution in [1.29, 1.82) is 0 Å². The summed E-state index contributed by atoms with van der Waals surface area (Å²) in [7, 11) is 1.60. The lowest BCUT2D eigenvalue weighted by atomic mass is 9.93. The summed E-state index contributed by atoms with van der Waals surface area (Å²) in [5, 5.41) is 47.2. The van der Waals surface area contributed by atoms with Gasteiger partial charge in [-0.1, -0.05) is 139 Å². The fourth-order valence-electron chi connectivity index (χ4n) is 9.24. The maximum atomic E-state index is 14.4. The number of amides is 10. The molecular weight excluding hydrogens is 1100 g/mol. The number of nitrogens with one attached hydrogen (secondary N) is 10. The zero-order valence-electron chi connectivity index (χ0n) is 51.8. The van der Waals surface area contributed by atoms with E-state index >= 15 is 0 Å². The van der Waals surface area contributed by atoms with Crippen molar-refractivity contribution in [3.63, 3.8) is 0 Å². The number of carbonyl (C=O) groups is 12. The van der Waals surface area contributed by atoms with Crippen molar-refractivity contribution >= 4 is 70.8 Å². The molecule has 14 N–H and O–H groups in total. The number of cyclic esters (lactones) is 1. The number of Topliss-reactive ketones (excluding diaryl/α,β-unsaturated/α-hetero) is 1. The maximum absolute atomic E-state index is 14.4. The first kappa shape index (κ1) is 74.0. The lowest BCUT2D eigenvalue weighted by Gasteiger charge is -2.31. The van der Waals surface area contributed by atoms with Crippen LogP contribution in [-0.4, -0.2) is 168 Å². The van der Waals surface area contributed by atoms with E-state index in [2.05, 4.69) is 53.2 Å². The summed E-state index contributed by atoms with van der Waals surface area (Å²) >= 11 is 0. The molecule has 1 fully saturated rings. The van der Waals surface area contributed by atoms with Crippen LogP contribution in [0.1, 0.15) is 140 Å². The number of esters is 1. The number of ketones is 1. The normalized spacial score (nSPS) is 21.9. The van der Waals surface area contributed by atoms with Crippen molar-refractivity contribution in [2.24, 2.45) is 41.2 Å². The summed E-state index contributed by atoms with van der Waals surface area (Å²) in [6, 6.07) is -4.49. The average Bonchev–Trinajstić information content (AvgIpc) is 3.74. The third-order valence-corrected chi connectivity index (χ3v) is 16.2. The Bertz CT molecular complexity index is 2430. The minimum atomic E-state index is -1.78. The Morgan fingerprint density at radius 3 is 1.46 bits per heavy atom. The fraction of sp³-hybridized carbons (Fsp3) is 0.695. The number of benzene rings is 1. The second-order valence-corrected chi connectivity index (χ2v) is 22.6. The molecule has 1 heterocycles. The molecule has 1 aromatic rings. The number of ether oxygens (including phenoxy) is 1. The van der Waals surface area contributed by atoms with E-state index in [1.165, 1.54) is 13.8 Å². The molecule has 1 aliphatic heterocycles. The fourth-order valence-corrected chi connectivity index (χ4v) is 9.24. The van der Waals surface area contributed by atoms with Crippen LogP contribution in [0.25, 0.3) is 0 Å². The summed E-state index contributed by atoms with van der Waals surface area (Å²) in [4.78, 5) is 165. The SMILES string of the molecule is CCC(C)[C@@H]1NC(=O)[C@H](C)CC(=O)[C@H](NC(=O)[C@H](CO)NC(=O)[C@@H](NC(=O)[C@H](NC(=O)[C@@H](CCC(N)=O)NC(=O)[C@H](CO)NC(=O)[C@@H](NC(=O)[C@@H](Cc2ccccc2)NC)[C@@H](C)CC)[C@H](C)CC)[C@@H](C)CC)[C@H](C)OC(=O)[C@H]([C@@H](C)CC)NC1=O. The number of hydrogen-bond donors (Lipinski definition) is 13. The van der Waals surface area contributed by atoms with Crippen LogP contribution in [-0.2, 0) is 68.7 Å². The Morgan fingerprint density at radius 1 is 0.576 bits per heavy atom. The molecule has 0 radical (unpaired) electrons. The largest absolute Gasteiger partial charge is 0.458 e. The van der Waals surface area contributed by atoms with Crippen LogP contribution in [0.2, 0.25) is 0 Å². The van der Waals surface area contributed by atoms with E-state index in [1.54, 1.807) is 69.4 Å². The van der Waals surface area contributed by atoms with Gasteiger partial charge in [-0.3, -0.25) is 52.7 Å². The molecule has 1 unspecified atom stereocenters. The summed E-state index contributed by atoms with van der Waals surface area (Å²) < 4.78 is 5.75. The lowest BCUT2D eigenvalue weighted by Crippen LogP contribution is -2.63. The number of carbonyl (C=O) groups excluding carboxylic acids is 12. The van der Waals surface area contributed by atoms with Gasteiger partial charge >= 0.3 is 5.97 Å². The van der Waals surface area contributed by atoms with Crippen molar-refractivity contribution in [3.8, 4) is 0 Å². The Hall–Kier alpha value is -7.06. The molecule has 0 spiro atoms. The summed E-state index contributed by atoms with van der Waals surface area (Å²) in [6.45, 7) is 18.1. The highest BCUT2D eigenvalue weighted by atomic mass is 16.5. The minimum absolute atomic E-state index is 0.273. The van der Waals surface area contributed by atoms with E-state index < -0.39 is 199 Å². The molecule has 85 heavy (non-hydrogen) atoms. The van der Waals surface area contributed by atoms with E-state index in [1.807, 2.05) is 37.3 Å². The predicted octanol–water partition coefficient (Wildman–Crippen LogP) is -0.799. The average molecular weight is 1200 g/mol. The molecule has 0 saturated carbocycles. The molecule has 26 nitrogen and oxygen atoms in total. The highest BCUT2D eigenvalue weighted by Gasteiger charge is 2.41. The van der Waals surface area contributed by atoms with E-state index in [-0.39, 0.29) is 18.8 Å². The third kappa shape index (κ3) is 22.7. The molecule has 478 valence electrons. The highest BCUT2D eigenvalue weighted by molar-refractivity contribution is 5.99. The van der Waals surface area contributed by atoms with Crippen molar-refractivity contribution in [1.82, 2.24) is 53.2 Å². The van der Waals surface area contributed by atoms with Gasteiger partial charge in [-0.05, 0) is 62.0 Å². The Morgan fingerprint density at radius 2 is 1.00 bits per heavy atom. The monoisotopic (exact) mass is 1200 g/mol. The van der Waals surface area contributed by atoms with Crippen LogP contribution in [0.4, 0.5) is 0 Å². The van der Waals surface area contributed by atoms with E-state index in [0.717, 1.165) is 5.56 Å². The minimum Gasteiger partial charge on any atom is -0.458 e. The number of likely N-dealkylation sites (N-methyl/N-ethyl adjacent to an activating group) is 1. The van der Waals surface area contributed by atoms with Crippen LogP contribution in [0.5, 0.6) is 0 Å². The Kier molecular flexibility index (Phi) is 32.0. The van der Waals surface area contributed by atoms with Gasteiger partial charge in [0.1, 0.15) is 60.5 Å². The summed E-state index contributed by atoms with van der Waals surface area (Å²) in [5.74, 6) is -13.7. The predicted molar refractivity (Wildman–Crippen MR) is 315 cm³/mol. The van der Waals surface area contributed by atoms with Gasteiger partial charge in [0.25, 0.3) is 0 Å². The smallest absolute Gasteiger partial charge is 0.329 e. The van der Waals surface area contributed by atoms with E-state index in [0.29, 0.717) is 25.7 Å². The molecule has 10 amide bonds. The van der Waals surface area contributed by atoms with Crippen molar-refractivity contribution < 1.29 is 72.5 Å². The number of aliphatic hydroxyl groups is 2. The molecule has 1 aromatic carbocycles. The van der Waals surface area contributed by atoms with Crippen LogP contribution >= 0.6 is 0 Å². The summed E-state index contributed by atoms with van der Waals surface area (Å²) in [5.41, 5.74) is 6.31. The number of nitrogens with two attached hydrogens (primary N) is 1. The van der Waals surface area contributed by atoms with Crippen LogP contribution < -0.4 is 58.9 Å². The molecule has 0 bridgehead atoms. The first-order valence-electron chi connectivity index (χ1n) is 29.8. The van der Waals surface area contributed by atoms with Gasteiger partial charge < -0.3 is 73.9 Å². The second kappa shape index (κ2) is 36.7. The van der Waals surface area contributed by atoms with Gasteiger partial charge in [0.05, 0.1) is 19.3 Å². The molecule has 1 aliphatic rings. The third-order valence-electron chi connectivity index (χ3n) is 16.2. The molecular formula is C59H97N11O15. The van der Waals surface area contributed by atoms with Gasteiger partial charge in [0, 0.05) is 18.8 Å². The van der Waals surface area contributed by atoms with Gasteiger partial charge in [0.15, 0.2) is 5.78 Å². The van der Waals surface area contributed by atoms with E-state index in [9.17, 15) is 67.7 Å². The van der Waals surface area contributed by atoms with E-state index in [4.69, 9.17) is 10.5 Å². The quantitative estimate of drug-likeness (QED) is 0.0393. The van der Waals surface area contributed by atoms with Gasteiger partial charge in [-0.25, -0.2) is 4.79 Å². The number of aliphatic hydroxyl groups excluding tert-OH is 2. The van der Waals surface area contributed by atoms with Crippen LogP contribution in [0.3, 0.4) is 0 Å². The van der Waals surface area contributed by atoms with Crippen LogP contribution in [0.15, 0.2) is 30.3 Å². The van der Waals surface area contributed by atoms with Gasteiger partial charge in [-0.2, -0.15) is 0 Å². The second-order valence-electron chi connectivity index (χ2n) is 22.6. The number of rotatable bonds is 32. The van der Waals surface area contributed by atoms with Gasteiger partial charge in [-0.15, -0.1) is 0 Å². The molecule has 1 saturated heterocycles.